The third kappa shape index (κ3) is 4.88. The molecule has 4 nitrogen and oxygen atoms in total. The molecule has 3 unspecified atom stereocenters. The molecule has 1 aliphatic heterocycles. The maximum atomic E-state index is 4.88. The fraction of sp³-hybridized carbons (Fsp3) is 0.650. The van der Waals surface area contributed by atoms with Crippen LogP contribution in [0.5, 0.6) is 0 Å². The van der Waals surface area contributed by atoms with Crippen molar-refractivity contribution in [2.45, 2.75) is 52.1 Å². The van der Waals surface area contributed by atoms with E-state index in [1.807, 2.05) is 0 Å². The molecule has 1 aromatic rings. The van der Waals surface area contributed by atoms with Crippen molar-refractivity contribution in [2.24, 2.45) is 10.9 Å². The van der Waals surface area contributed by atoms with Gasteiger partial charge < -0.3 is 10.6 Å². The first-order valence-electron chi connectivity index (χ1n) is 9.45. The number of hydrogen-bond donors (Lipinski definition) is 2. The highest BCUT2D eigenvalue weighted by Gasteiger charge is 2.31. The lowest BCUT2D eigenvalue weighted by Gasteiger charge is -2.29. The molecule has 0 amide bonds. The molecule has 0 saturated carbocycles. The van der Waals surface area contributed by atoms with Crippen LogP contribution in [0.4, 0.5) is 0 Å². The third-order valence-corrected chi connectivity index (χ3v) is 5.47. The fourth-order valence-corrected chi connectivity index (χ4v) is 3.84. The molecule has 0 radical (unpaired) electrons. The first-order chi connectivity index (χ1) is 11.6. The largest absolute Gasteiger partial charge is 0.357 e. The van der Waals surface area contributed by atoms with Crippen LogP contribution >= 0.6 is 24.0 Å². The minimum Gasteiger partial charge on any atom is -0.357 e. The summed E-state index contributed by atoms with van der Waals surface area (Å²) >= 11 is 0. The molecule has 1 aliphatic carbocycles. The van der Waals surface area contributed by atoms with Gasteiger partial charge >= 0.3 is 0 Å². The van der Waals surface area contributed by atoms with Crippen LogP contribution < -0.4 is 10.6 Å². The van der Waals surface area contributed by atoms with E-state index < -0.39 is 0 Å². The molecule has 3 atom stereocenters. The molecule has 0 aromatic heterocycles. The summed E-state index contributed by atoms with van der Waals surface area (Å²) in [5.74, 6) is 2.22. The first-order valence-corrected chi connectivity index (χ1v) is 9.45. The van der Waals surface area contributed by atoms with E-state index in [-0.39, 0.29) is 24.0 Å². The third-order valence-electron chi connectivity index (χ3n) is 5.47. The van der Waals surface area contributed by atoms with Crippen molar-refractivity contribution >= 4 is 29.9 Å². The average molecular weight is 456 g/mol. The summed E-state index contributed by atoms with van der Waals surface area (Å²) in [4.78, 5) is 7.43. The molecular formula is C20H33IN4. The van der Waals surface area contributed by atoms with E-state index in [9.17, 15) is 0 Å². The monoisotopic (exact) mass is 456 g/mol. The van der Waals surface area contributed by atoms with Crippen LogP contribution in [0.15, 0.2) is 29.3 Å². The SMILES string of the molecule is CCNC(=NCC1Cc2ccccc21)NC1CN(C(C)C)CC1C.I. The topological polar surface area (TPSA) is 39.7 Å². The smallest absolute Gasteiger partial charge is 0.191 e. The summed E-state index contributed by atoms with van der Waals surface area (Å²) in [6, 6.07) is 9.85. The van der Waals surface area contributed by atoms with Crippen molar-refractivity contribution in [2.75, 3.05) is 26.2 Å². The van der Waals surface area contributed by atoms with Crippen molar-refractivity contribution in [3.05, 3.63) is 35.4 Å². The summed E-state index contributed by atoms with van der Waals surface area (Å²) in [5, 5.41) is 7.10. The van der Waals surface area contributed by atoms with Gasteiger partial charge in [-0.1, -0.05) is 31.2 Å². The Bertz CT molecular complexity index is 587. The number of likely N-dealkylation sites (tertiary alicyclic amines) is 1. The van der Waals surface area contributed by atoms with E-state index in [0.29, 0.717) is 23.9 Å². The average Bonchev–Trinajstić information content (AvgIpc) is 2.89. The maximum Gasteiger partial charge on any atom is 0.191 e. The molecular weight excluding hydrogens is 423 g/mol. The minimum absolute atomic E-state index is 0. The zero-order valence-electron chi connectivity index (χ0n) is 16.0. The van der Waals surface area contributed by atoms with Crippen molar-refractivity contribution in [3.8, 4) is 0 Å². The van der Waals surface area contributed by atoms with Crippen LogP contribution in [0.2, 0.25) is 0 Å². The van der Waals surface area contributed by atoms with E-state index in [2.05, 4.69) is 67.5 Å². The van der Waals surface area contributed by atoms with E-state index in [1.54, 1.807) is 0 Å². The number of guanidine groups is 1. The Balaban J connectivity index is 0.00000225. The lowest BCUT2D eigenvalue weighted by atomic mass is 9.78. The van der Waals surface area contributed by atoms with Gasteiger partial charge in [-0.25, -0.2) is 0 Å². The number of nitrogens with one attached hydrogen (secondary N) is 2. The molecule has 140 valence electrons. The maximum absolute atomic E-state index is 4.88. The molecule has 1 heterocycles. The standard InChI is InChI=1S/C20H32N4.HI/c1-5-21-20(23-19-13-24(14(2)3)12-15(19)4)22-11-17-10-16-8-6-7-9-18(16)17;/h6-9,14-15,17,19H,5,10-13H2,1-4H3,(H2,21,22,23);1H. The molecule has 1 fully saturated rings. The Morgan fingerprint density at radius 3 is 2.68 bits per heavy atom. The van der Waals surface area contributed by atoms with Crippen molar-refractivity contribution < 1.29 is 0 Å². The summed E-state index contributed by atoms with van der Waals surface area (Å²) in [6.07, 6.45) is 1.17. The van der Waals surface area contributed by atoms with Gasteiger partial charge in [0, 0.05) is 44.2 Å². The second kappa shape index (κ2) is 9.21. The quantitative estimate of drug-likeness (QED) is 0.406. The number of aliphatic imine (C=N–C) groups is 1. The van der Waals surface area contributed by atoms with Crippen LogP contribution in [0.25, 0.3) is 0 Å². The first kappa shape index (κ1) is 20.5. The highest BCUT2D eigenvalue weighted by molar-refractivity contribution is 14.0. The molecule has 0 spiro atoms. The Kier molecular flexibility index (Phi) is 7.55. The van der Waals surface area contributed by atoms with Crippen LogP contribution in [0.1, 0.15) is 44.7 Å². The van der Waals surface area contributed by atoms with Crippen LogP contribution in [-0.4, -0.2) is 49.1 Å². The zero-order chi connectivity index (χ0) is 17.1. The van der Waals surface area contributed by atoms with Gasteiger partial charge in [-0.3, -0.25) is 9.89 Å². The Morgan fingerprint density at radius 2 is 2.04 bits per heavy atom. The second-order valence-electron chi connectivity index (χ2n) is 7.60. The van der Waals surface area contributed by atoms with Crippen LogP contribution in [0.3, 0.4) is 0 Å². The van der Waals surface area contributed by atoms with Gasteiger partial charge in [0.15, 0.2) is 5.96 Å². The Labute approximate surface area is 169 Å². The Hall–Kier alpha value is -0.820. The predicted octanol–water partition coefficient (Wildman–Crippen LogP) is 3.23. The van der Waals surface area contributed by atoms with Crippen molar-refractivity contribution in [1.82, 2.24) is 15.5 Å². The molecule has 5 heteroatoms. The number of benzene rings is 1. The van der Waals surface area contributed by atoms with E-state index in [4.69, 9.17) is 4.99 Å². The highest BCUT2D eigenvalue weighted by Crippen LogP contribution is 2.34. The summed E-state index contributed by atoms with van der Waals surface area (Å²) in [5.41, 5.74) is 2.98. The van der Waals surface area contributed by atoms with Gasteiger partial charge in [0.1, 0.15) is 0 Å². The van der Waals surface area contributed by atoms with E-state index in [0.717, 1.165) is 25.6 Å². The predicted molar refractivity (Wildman–Crippen MR) is 117 cm³/mol. The lowest BCUT2D eigenvalue weighted by molar-refractivity contribution is 0.265. The number of rotatable bonds is 5. The molecule has 25 heavy (non-hydrogen) atoms. The van der Waals surface area contributed by atoms with Gasteiger partial charge in [-0.15, -0.1) is 24.0 Å². The van der Waals surface area contributed by atoms with E-state index >= 15 is 0 Å². The van der Waals surface area contributed by atoms with Gasteiger partial charge in [0.2, 0.25) is 0 Å². The number of fused-ring (bicyclic) bond motifs is 1. The zero-order valence-corrected chi connectivity index (χ0v) is 18.3. The minimum atomic E-state index is 0. The summed E-state index contributed by atoms with van der Waals surface area (Å²) < 4.78 is 0. The molecule has 3 rings (SSSR count). The van der Waals surface area contributed by atoms with E-state index in [1.165, 1.54) is 24.1 Å². The van der Waals surface area contributed by atoms with Crippen LogP contribution in [-0.2, 0) is 6.42 Å². The molecule has 0 bridgehead atoms. The molecule has 2 N–H and O–H groups in total. The summed E-state index contributed by atoms with van der Waals surface area (Å²) in [7, 11) is 0. The van der Waals surface area contributed by atoms with Gasteiger partial charge in [-0.05, 0) is 44.2 Å². The highest BCUT2D eigenvalue weighted by atomic mass is 127. The molecule has 1 aromatic carbocycles. The van der Waals surface area contributed by atoms with Gasteiger partial charge in [-0.2, -0.15) is 0 Å². The number of nitrogens with zero attached hydrogens (tertiary/aromatic N) is 2. The summed E-state index contributed by atoms with van der Waals surface area (Å²) in [6.45, 7) is 13.1. The van der Waals surface area contributed by atoms with Gasteiger partial charge in [0.25, 0.3) is 0 Å². The molecule has 1 saturated heterocycles. The molecule has 2 aliphatic rings. The van der Waals surface area contributed by atoms with Crippen molar-refractivity contribution in [3.63, 3.8) is 0 Å². The second-order valence-corrected chi connectivity index (χ2v) is 7.60. The lowest BCUT2D eigenvalue weighted by Crippen LogP contribution is -2.47. The number of hydrogen-bond acceptors (Lipinski definition) is 2. The van der Waals surface area contributed by atoms with Crippen LogP contribution in [0, 0.1) is 5.92 Å². The van der Waals surface area contributed by atoms with Crippen molar-refractivity contribution in [1.29, 1.82) is 0 Å². The Morgan fingerprint density at radius 1 is 1.28 bits per heavy atom. The number of halogens is 1. The normalized spacial score (nSPS) is 26.0. The van der Waals surface area contributed by atoms with Gasteiger partial charge in [0.05, 0.1) is 0 Å². The fourth-order valence-electron chi connectivity index (χ4n) is 3.84.